The van der Waals surface area contributed by atoms with E-state index >= 15 is 0 Å². The molecule has 59 heavy (non-hydrogen) atoms. The topological polar surface area (TPSA) is 12.5 Å². The smallest absolute Gasteiger partial charge is 0.137 e. The van der Waals surface area contributed by atoms with Crippen molar-refractivity contribution in [2.24, 2.45) is 0 Å². The maximum atomic E-state index is 7.13. The third-order valence-electron chi connectivity index (χ3n) is 12.2. The monoisotopic (exact) mass is 771 g/mol. The molecular formula is C56H37NOS. The minimum absolute atomic E-state index is 0.0473. The summed E-state index contributed by atoms with van der Waals surface area (Å²) in [4.78, 5) is 2.49. The largest absolute Gasteiger partial charge is 0.484 e. The van der Waals surface area contributed by atoms with Gasteiger partial charge < -0.3 is 9.64 Å². The van der Waals surface area contributed by atoms with Crippen molar-refractivity contribution >= 4 is 70.0 Å². The summed E-state index contributed by atoms with van der Waals surface area (Å²) in [5.41, 5.74) is 11.8. The Morgan fingerprint density at radius 3 is 1.75 bits per heavy atom. The number of hydrogen-bond donors (Lipinski definition) is 0. The fourth-order valence-electron chi connectivity index (χ4n) is 9.41. The van der Waals surface area contributed by atoms with Crippen molar-refractivity contribution in [2.75, 3.05) is 4.90 Å². The van der Waals surface area contributed by atoms with E-state index in [-0.39, 0.29) is 12.0 Å². The molecule has 3 heteroatoms. The second kappa shape index (κ2) is 13.7. The number of benzene rings is 9. The Balaban J connectivity index is 1.06. The molecule has 0 fully saturated rings. The van der Waals surface area contributed by atoms with Crippen molar-refractivity contribution in [3.8, 4) is 28.0 Å². The fraction of sp³-hybridized carbons (Fsp3) is 0.0357. The zero-order valence-corrected chi connectivity index (χ0v) is 32.9. The lowest BCUT2D eigenvalue weighted by Gasteiger charge is -2.36. The van der Waals surface area contributed by atoms with Gasteiger partial charge in [-0.25, -0.2) is 0 Å². The Morgan fingerprint density at radius 1 is 0.407 bits per heavy atom. The SMILES string of the molecule is C1=C(c2ccccc2)C2Oc3cc(-c4ccccc4)ccc3C2C(N(c2ccc3c(ccc4ccccc43)c2)c2ccc3c(c2)sc2cc(-c4ccccc4)ccc23)=C1. The molecule has 9 aromatic carbocycles. The van der Waals surface area contributed by atoms with Crippen LogP contribution in [0.1, 0.15) is 17.0 Å². The first kappa shape index (κ1) is 33.9. The van der Waals surface area contributed by atoms with Crippen LogP contribution in [-0.4, -0.2) is 6.10 Å². The van der Waals surface area contributed by atoms with Crippen LogP contribution in [0.25, 0.3) is 69.5 Å². The van der Waals surface area contributed by atoms with E-state index in [0.29, 0.717) is 0 Å². The van der Waals surface area contributed by atoms with E-state index in [0.717, 1.165) is 22.7 Å². The number of allylic oxidation sites excluding steroid dienone is 2. The van der Waals surface area contributed by atoms with Gasteiger partial charge in [-0.2, -0.15) is 0 Å². The summed E-state index contributed by atoms with van der Waals surface area (Å²) < 4.78 is 9.70. The van der Waals surface area contributed by atoms with Gasteiger partial charge in [0.25, 0.3) is 0 Å². The van der Waals surface area contributed by atoms with Crippen LogP contribution in [0.15, 0.2) is 218 Å². The van der Waals surface area contributed by atoms with E-state index in [1.165, 1.54) is 80.8 Å². The number of hydrogen-bond acceptors (Lipinski definition) is 3. The van der Waals surface area contributed by atoms with E-state index < -0.39 is 0 Å². The number of rotatable bonds is 6. The third-order valence-corrected chi connectivity index (χ3v) is 13.4. The molecule has 278 valence electrons. The first-order valence-electron chi connectivity index (χ1n) is 20.3. The van der Waals surface area contributed by atoms with Gasteiger partial charge in [-0.05, 0) is 91.8 Å². The normalized spacial score (nSPS) is 15.8. The van der Waals surface area contributed by atoms with Crippen molar-refractivity contribution < 1.29 is 4.74 Å². The molecule has 2 aliphatic rings. The van der Waals surface area contributed by atoms with E-state index in [1.54, 1.807) is 0 Å². The zero-order chi connectivity index (χ0) is 38.9. The molecule has 2 atom stereocenters. The molecule has 1 aliphatic heterocycles. The van der Waals surface area contributed by atoms with E-state index in [1.807, 2.05) is 11.3 Å². The minimum atomic E-state index is -0.199. The number of ether oxygens (including phenoxy) is 1. The summed E-state index contributed by atoms with van der Waals surface area (Å²) >= 11 is 1.87. The highest BCUT2D eigenvalue weighted by Crippen LogP contribution is 2.53. The molecule has 1 aliphatic carbocycles. The summed E-state index contributed by atoms with van der Waals surface area (Å²) in [6.07, 6.45) is 4.44. The number of fused-ring (bicyclic) bond motifs is 9. The van der Waals surface area contributed by atoms with Gasteiger partial charge in [0.15, 0.2) is 0 Å². The minimum Gasteiger partial charge on any atom is -0.484 e. The lowest BCUT2D eigenvalue weighted by atomic mass is 9.81. The van der Waals surface area contributed by atoms with Crippen molar-refractivity contribution in [2.45, 2.75) is 12.0 Å². The maximum absolute atomic E-state index is 7.13. The van der Waals surface area contributed by atoms with Crippen LogP contribution in [0.3, 0.4) is 0 Å². The summed E-state index contributed by atoms with van der Waals surface area (Å²) in [7, 11) is 0. The molecule has 0 bridgehead atoms. The predicted octanol–water partition coefficient (Wildman–Crippen LogP) is 15.4. The van der Waals surface area contributed by atoms with Crippen molar-refractivity contribution in [1.29, 1.82) is 0 Å². The molecular weight excluding hydrogens is 735 g/mol. The van der Waals surface area contributed by atoms with Crippen molar-refractivity contribution in [1.82, 2.24) is 0 Å². The molecule has 2 unspecified atom stereocenters. The van der Waals surface area contributed by atoms with Crippen molar-refractivity contribution in [3.63, 3.8) is 0 Å². The molecule has 0 spiro atoms. The van der Waals surface area contributed by atoms with Crippen LogP contribution in [0.2, 0.25) is 0 Å². The third kappa shape index (κ3) is 5.69. The fourth-order valence-corrected chi connectivity index (χ4v) is 10.6. The Labute approximate surface area is 347 Å². The van der Waals surface area contributed by atoms with Crippen LogP contribution < -0.4 is 9.64 Å². The number of anilines is 2. The van der Waals surface area contributed by atoms with Gasteiger partial charge in [0, 0.05) is 48.4 Å². The van der Waals surface area contributed by atoms with Gasteiger partial charge >= 0.3 is 0 Å². The quantitative estimate of drug-likeness (QED) is 0.156. The molecule has 0 saturated heterocycles. The first-order valence-corrected chi connectivity index (χ1v) is 21.1. The lowest BCUT2D eigenvalue weighted by molar-refractivity contribution is 0.274. The van der Waals surface area contributed by atoms with Gasteiger partial charge in [-0.3, -0.25) is 0 Å². The molecule has 0 amide bonds. The van der Waals surface area contributed by atoms with Gasteiger partial charge in [0.1, 0.15) is 11.9 Å². The van der Waals surface area contributed by atoms with Crippen LogP contribution >= 0.6 is 11.3 Å². The Morgan fingerprint density at radius 2 is 0.983 bits per heavy atom. The Hall–Kier alpha value is -7.20. The maximum Gasteiger partial charge on any atom is 0.137 e. The molecule has 0 N–H and O–H groups in total. The highest BCUT2D eigenvalue weighted by atomic mass is 32.1. The second-order valence-electron chi connectivity index (χ2n) is 15.6. The Bertz CT molecular complexity index is 3310. The molecule has 1 aromatic heterocycles. The van der Waals surface area contributed by atoms with Crippen molar-refractivity contribution in [3.05, 3.63) is 229 Å². The predicted molar refractivity (Wildman–Crippen MR) is 250 cm³/mol. The molecule has 0 radical (unpaired) electrons. The summed E-state index contributed by atoms with van der Waals surface area (Å²) in [6.45, 7) is 0. The highest BCUT2D eigenvalue weighted by molar-refractivity contribution is 7.25. The first-order chi connectivity index (χ1) is 29.2. The zero-order valence-electron chi connectivity index (χ0n) is 32.1. The molecule has 2 heterocycles. The summed E-state index contributed by atoms with van der Waals surface area (Å²) in [5, 5.41) is 7.56. The second-order valence-corrected chi connectivity index (χ2v) is 16.7. The highest BCUT2D eigenvalue weighted by Gasteiger charge is 2.43. The molecule has 2 nitrogen and oxygen atoms in total. The average Bonchev–Trinajstić information content (AvgIpc) is 3.88. The van der Waals surface area contributed by atoms with Crippen LogP contribution in [0.4, 0.5) is 11.4 Å². The van der Waals surface area contributed by atoms with Gasteiger partial charge in [0.2, 0.25) is 0 Å². The average molecular weight is 772 g/mol. The van der Waals surface area contributed by atoms with Crippen LogP contribution in [0, 0.1) is 0 Å². The standard InChI is InChI=1S/C56H37NOS/c1-4-12-36(13-5-1)40-23-27-50-52(33-40)58-56-47(38-16-8-3-9-17-38)30-31-51(55(50)56)57(43-24-28-46-42(32-43)21-20-39-18-10-11-19-45(39)46)44-25-29-49-48-26-22-41(37-14-6-2-7-15-37)34-53(48)59-54(49)35-44/h1-35,55-56H. The van der Waals surface area contributed by atoms with E-state index in [9.17, 15) is 0 Å². The van der Waals surface area contributed by atoms with Crippen LogP contribution in [0.5, 0.6) is 5.75 Å². The summed E-state index contributed by atoms with van der Waals surface area (Å²) in [5.74, 6) is 0.893. The number of nitrogens with zero attached hydrogens (tertiary/aromatic N) is 1. The molecule has 0 saturated carbocycles. The van der Waals surface area contributed by atoms with Gasteiger partial charge in [-0.1, -0.05) is 170 Å². The lowest BCUT2D eigenvalue weighted by Crippen LogP contribution is -2.31. The van der Waals surface area contributed by atoms with E-state index in [4.69, 9.17) is 4.74 Å². The summed E-state index contributed by atoms with van der Waals surface area (Å²) in [6, 6.07) is 72.9. The molecule has 10 aromatic rings. The van der Waals surface area contributed by atoms with Crippen LogP contribution in [-0.2, 0) is 0 Å². The van der Waals surface area contributed by atoms with Gasteiger partial charge in [0.05, 0.1) is 5.92 Å². The van der Waals surface area contributed by atoms with Gasteiger partial charge in [-0.15, -0.1) is 11.3 Å². The van der Waals surface area contributed by atoms with E-state index in [2.05, 4.69) is 217 Å². The molecule has 12 rings (SSSR count). The number of thiophene rings is 1. The Kier molecular flexibility index (Phi) is 7.89.